The number of amides is 1. The van der Waals surface area contributed by atoms with E-state index in [1.807, 2.05) is 37.3 Å². The fourth-order valence-electron chi connectivity index (χ4n) is 2.04. The van der Waals surface area contributed by atoms with Crippen LogP contribution in [0.2, 0.25) is 0 Å². The summed E-state index contributed by atoms with van der Waals surface area (Å²) in [4.78, 5) is 24.0. The number of hydrogen-bond donors (Lipinski definition) is 1. The third-order valence-corrected chi connectivity index (χ3v) is 3.14. The van der Waals surface area contributed by atoms with Gasteiger partial charge in [-0.25, -0.2) is 9.48 Å². The van der Waals surface area contributed by atoms with Crippen LogP contribution in [0, 0.1) is 13.8 Å². The summed E-state index contributed by atoms with van der Waals surface area (Å²) in [5, 5.41) is 6.62. The number of aryl methyl sites for hydroxylation is 2. The molecular weight excluding hydrogens is 282 g/mol. The number of benzene rings is 1. The number of nitrogens with one attached hydrogen (secondary N) is 1. The second-order valence-corrected chi connectivity index (χ2v) is 5.10. The third kappa shape index (κ3) is 3.94. The van der Waals surface area contributed by atoms with Gasteiger partial charge in [0, 0.05) is 5.69 Å². The van der Waals surface area contributed by atoms with E-state index in [4.69, 9.17) is 4.74 Å². The second kappa shape index (κ2) is 6.89. The molecule has 2 aromatic rings. The van der Waals surface area contributed by atoms with E-state index in [1.165, 1.54) is 4.68 Å². The number of alkyl carbamates (subject to hydrolysis) is 1. The minimum atomic E-state index is -0.721. The first-order chi connectivity index (χ1) is 10.5. The Balaban J connectivity index is 1.88. The van der Waals surface area contributed by atoms with Gasteiger partial charge in [0.1, 0.15) is 12.6 Å². The molecule has 22 heavy (non-hydrogen) atoms. The number of rotatable bonds is 4. The molecule has 0 radical (unpaired) electrons. The van der Waals surface area contributed by atoms with Crippen LogP contribution in [0.25, 0.3) is 0 Å². The van der Waals surface area contributed by atoms with Gasteiger partial charge < -0.3 is 10.1 Å². The fraction of sp³-hybridized carbons (Fsp3) is 0.312. The molecule has 1 N–H and O–H groups in total. The van der Waals surface area contributed by atoms with Gasteiger partial charge in [-0.05, 0) is 32.4 Å². The van der Waals surface area contributed by atoms with Crippen LogP contribution in [-0.4, -0.2) is 27.8 Å². The Morgan fingerprint density at radius 2 is 1.95 bits per heavy atom. The highest BCUT2D eigenvalue weighted by molar-refractivity contribution is 5.87. The zero-order valence-electron chi connectivity index (χ0n) is 12.9. The zero-order valence-corrected chi connectivity index (χ0v) is 12.9. The standard InChI is InChI=1S/C16H19N3O3/c1-11-9-12(2)19(18-11)15(20)13(3)17-16(21)22-10-14-7-5-4-6-8-14/h4-9,13H,10H2,1-3H3,(H,17,21). The molecule has 116 valence electrons. The highest BCUT2D eigenvalue weighted by Gasteiger charge is 2.20. The van der Waals surface area contributed by atoms with Crippen molar-refractivity contribution in [2.45, 2.75) is 33.4 Å². The Morgan fingerprint density at radius 3 is 2.55 bits per heavy atom. The number of hydrogen-bond acceptors (Lipinski definition) is 4. The lowest BCUT2D eigenvalue weighted by molar-refractivity contribution is 0.0828. The van der Waals surface area contributed by atoms with Crippen LogP contribution in [0.3, 0.4) is 0 Å². The first-order valence-electron chi connectivity index (χ1n) is 7.02. The Kier molecular flexibility index (Phi) is 4.93. The van der Waals surface area contributed by atoms with Crippen LogP contribution in [0.1, 0.15) is 28.7 Å². The predicted molar refractivity (Wildman–Crippen MR) is 81.6 cm³/mol. The lowest BCUT2D eigenvalue weighted by Crippen LogP contribution is -2.41. The van der Waals surface area contributed by atoms with Gasteiger partial charge in [-0.15, -0.1) is 0 Å². The molecule has 1 heterocycles. The maximum Gasteiger partial charge on any atom is 0.408 e. The molecule has 0 saturated carbocycles. The van der Waals surface area contributed by atoms with E-state index >= 15 is 0 Å². The molecule has 1 atom stereocenters. The van der Waals surface area contributed by atoms with Crippen LogP contribution in [0.5, 0.6) is 0 Å². The van der Waals surface area contributed by atoms with E-state index in [-0.39, 0.29) is 12.5 Å². The normalized spacial score (nSPS) is 11.8. The Bertz CT molecular complexity index is 665. The molecule has 0 aliphatic heterocycles. The summed E-state index contributed by atoms with van der Waals surface area (Å²) < 4.78 is 6.38. The van der Waals surface area contributed by atoms with Crippen molar-refractivity contribution in [3.05, 3.63) is 53.3 Å². The summed E-state index contributed by atoms with van der Waals surface area (Å²) in [6, 6.07) is 10.4. The lowest BCUT2D eigenvalue weighted by Gasteiger charge is -2.13. The van der Waals surface area contributed by atoms with Gasteiger partial charge in [-0.3, -0.25) is 4.79 Å². The summed E-state index contributed by atoms with van der Waals surface area (Å²) in [5.74, 6) is -0.303. The van der Waals surface area contributed by atoms with Crippen LogP contribution in [0.4, 0.5) is 4.79 Å². The topological polar surface area (TPSA) is 73.2 Å². The molecule has 6 nitrogen and oxygen atoms in total. The van der Waals surface area contributed by atoms with Crippen LogP contribution in [0.15, 0.2) is 36.4 Å². The van der Waals surface area contributed by atoms with Crippen LogP contribution in [-0.2, 0) is 11.3 Å². The SMILES string of the molecule is Cc1cc(C)n(C(=O)C(C)NC(=O)OCc2ccccc2)n1. The molecule has 6 heteroatoms. The summed E-state index contributed by atoms with van der Waals surface area (Å²) in [7, 11) is 0. The predicted octanol–water partition coefficient (Wildman–Crippen LogP) is 2.46. The van der Waals surface area contributed by atoms with E-state index in [1.54, 1.807) is 19.9 Å². The van der Waals surface area contributed by atoms with Gasteiger partial charge in [-0.2, -0.15) is 5.10 Å². The van der Waals surface area contributed by atoms with Gasteiger partial charge in [0.05, 0.1) is 5.69 Å². The summed E-state index contributed by atoms with van der Waals surface area (Å²) >= 11 is 0. The Labute approximate surface area is 129 Å². The molecule has 1 aromatic heterocycles. The van der Waals surface area contributed by atoms with Crippen molar-refractivity contribution in [2.24, 2.45) is 0 Å². The molecule has 0 fully saturated rings. The van der Waals surface area contributed by atoms with Crippen molar-refractivity contribution in [2.75, 3.05) is 0 Å². The summed E-state index contributed by atoms with van der Waals surface area (Å²) in [5.41, 5.74) is 2.37. The second-order valence-electron chi connectivity index (χ2n) is 5.10. The quantitative estimate of drug-likeness (QED) is 0.941. The molecule has 1 unspecified atom stereocenters. The molecule has 0 saturated heterocycles. The molecule has 0 aliphatic carbocycles. The Hall–Kier alpha value is -2.63. The van der Waals surface area contributed by atoms with Crippen molar-refractivity contribution < 1.29 is 14.3 Å². The molecule has 0 bridgehead atoms. The van der Waals surface area contributed by atoms with E-state index in [2.05, 4.69) is 10.4 Å². The number of nitrogens with zero attached hydrogens (tertiary/aromatic N) is 2. The largest absolute Gasteiger partial charge is 0.445 e. The lowest BCUT2D eigenvalue weighted by atomic mass is 10.2. The van der Waals surface area contributed by atoms with E-state index in [0.717, 1.165) is 17.0 Å². The van der Waals surface area contributed by atoms with Crippen molar-refractivity contribution in [1.82, 2.24) is 15.1 Å². The monoisotopic (exact) mass is 301 g/mol. The van der Waals surface area contributed by atoms with Gasteiger partial charge in [0.2, 0.25) is 0 Å². The van der Waals surface area contributed by atoms with Crippen molar-refractivity contribution in [1.29, 1.82) is 0 Å². The van der Waals surface area contributed by atoms with Gasteiger partial charge in [0.25, 0.3) is 5.91 Å². The first kappa shape index (κ1) is 15.8. The first-order valence-corrected chi connectivity index (χ1v) is 7.02. The van der Waals surface area contributed by atoms with E-state index in [9.17, 15) is 9.59 Å². The van der Waals surface area contributed by atoms with E-state index < -0.39 is 12.1 Å². The molecule has 0 spiro atoms. The number of aromatic nitrogens is 2. The van der Waals surface area contributed by atoms with Crippen LogP contribution < -0.4 is 5.32 Å². The average molecular weight is 301 g/mol. The minimum absolute atomic E-state index is 0.160. The Morgan fingerprint density at radius 1 is 1.27 bits per heavy atom. The molecule has 1 aromatic carbocycles. The average Bonchev–Trinajstić information content (AvgIpc) is 2.84. The highest BCUT2D eigenvalue weighted by Crippen LogP contribution is 2.04. The molecule has 1 amide bonds. The number of ether oxygens (including phenoxy) is 1. The summed E-state index contributed by atoms with van der Waals surface area (Å²) in [6.07, 6.45) is -0.633. The van der Waals surface area contributed by atoms with Crippen LogP contribution >= 0.6 is 0 Å². The molecular formula is C16H19N3O3. The minimum Gasteiger partial charge on any atom is -0.445 e. The maximum atomic E-state index is 12.2. The van der Waals surface area contributed by atoms with Gasteiger partial charge in [-0.1, -0.05) is 30.3 Å². The van der Waals surface area contributed by atoms with Gasteiger partial charge in [0.15, 0.2) is 0 Å². The number of carbonyl (C=O) groups is 2. The maximum absolute atomic E-state index is 12.2. The summed E-state index contributed by atoms with van der Waals surface area (Å²) in [6.45, 7) is 5.36. The smallest absolute Gasteiger partial charge is 0.408 e. The molecule has 2 rings (SSSR count). The van der Waals surface area contributed by atoms with E-state index in [0.29, 0.717) is 0 Å². The van der Waals surface area contributed by atoms with Crippen molar-refractivity contribution >= 4 is 12.0 Å². The van der Waals surface area contributed by atoms with Crippen molar-refractivity contribution in [3.63, 3.8) is 0 Å². The zero-order chi connectivity index (χ0) is 16.1. The third-order valence-electron chi connectivity index (χ3n) is 3.14. The van der Waals surface area contributed by atoms with Crippen molar-refractivity contribution in [3.8, 4) is 0 Å². The van der Waals surface area contributed by atoms with Gasteiger partial charge >= 0.3 is 6.09 Å². The fourth-order valence-corrected chi connectivity index (χ4v) is 2.04. The number of carbonyl (C=O) groups excluding carboxylic acids is 2. The molecule has 0 aliphatic rings. The highest BCUT2D eigenvalue weighted by atomic mass is 16.5.